The molecular formula is C15H21FN2. The largest absolute Gasteiger partial charge is 0.346 e. The van der Waals surface area contributed by atoms with Crippen molar-refractivity contribution < 1.29 is 4.39 Å². The van der Waals surface area contributed by atoms with Crippen molar-refractivity contribution in [2.75, 3.05) is 6.54 Å². The van der Waals surface area contributed by atoms with Crippen LogP contribution < -0.4 is 5.32 Å². The molecule has 0 radical (unpaired) electrons. The van der Waals surface area contributed by atoms with E-state index in [0.717, 1.165) is 18.6 Å². The normalized spacial score (nSPS) is 13.4. The van der Waals surface area contributed by atoms with E-state index in [4.69, 9.17) is 0 Å². The molecule has 0 fully saturated rings. The van der Waals surface area contributed by atoms with Crippen LogP contribution in [0.3, 0.4) is 0 Å². The van der Waals surface area contributed by atoms with E-state index in [1.165, 1.54) is 6.07 Å². The van der Waals surface area contributed by atoms with Crippen LogP contribution in [0.5, 0.6) is 0 Å². The molecule has 0 aliphatic carbocycles. The number of halogens is 1. The first kappa shape index (κ1) is 13.1. The number of aromatic nitrogens is 1. The Balaban J connectivity index is 2.02. The molecule has 98 valence electrons. The lowest BCUT2D eigenvalue weighted by atomic mass is 10.1. The number of fused-ring (bicyclic) bond motifs is 1. The van der Waals surface area contributed by atoms with Gasteiger partial charge in [-0.2, -0.15) is 0 Å². The molecular weight excluding hydrogens is 227 g/mol. The van der Waals surface area contributed by atoms with Gasteiger partial charge >= 0.3 is 0 Å². The molecule has 1 heterocycles. The van der Waals surface area contributed by atoms with Gasteiger partial charge in [0.05, 0.1) is 5.52 Å². The van der Waals surface area contributed by atoms with Crippen LogP contribution in [0.1, 0.15) is 20.8 Å². The van der Waals surface area contributed by atoms with Gasteiger partial charge in [-0.3, -0.25) is 0 Å². The molecule has 2 aromatic rings. The predicted molar refractivity (Wildman–Crippen MR) is 74.2 cm³/mol. The molecule has 1 N–H and O–H groups in total. The van der Waals surface area contributed by atoms with Gasteiger partial charge in [-0.05, 0) is 31.0 Å². The SMILES string of the molecule is CC(C)C(C)NCCn1ccc2c(F)cccc21. The van der Waals surface area contributed by atoms with Crippen LogP contribution in [0, 0.1) is 11.7 Å². The molecule has 1 unspecified atom stereocenters. The molecule has 0 saturated heterocycles. The third-order valence-corrected chi connectivity index (χ3v) is 3.58. The van der Waals surface area contributed by atoms with Gasteiger partial charge in [-0.25, -0.2) is 4.39 Å². The Labute approximate surface area is 108 Å². The lowest BCUT2D eigenvalue weighted by Gasteiger charge is -2.17. The summed E-state index contributed by atoms with van der Waals surface area (Å²) in [5.41, 5.74) is 0.967. The van der Waals surface area contributed by atoms with Gasteiger partial charge in [-0.1, -0.05) is 19.9 Å². The number of rotatable bonds is 5. The van der Waals surface area contributed by atoms with Crippen LogP contribution in [0.4, 0.5) is 4.39 Å². The molecule has 2 rings (SSSR count). The molecule has 0 aliphatic heterocycles. The highest BCUT2D eigenvalue weighted by Crippen LogP contribution is 2.18. The van der Waals surface area contributed by atoms with Crippen LogP contribution in [-0.2, 0) is 6.54 Å². The average Bonchev–Trinajstić information content (AvgIpc) is 2.74. The molecule has 0 bridgehead atoms. The fraction of sp³-hybridized carbons (Fsp3) is 0.467. The standard InChI is InChI=1S/C15H21FN2/c1-11(2)12(3)17-8-10-18-9-7-13-14(16)5-4-6-15(13)18/h4-7,9,11-12,17H,8,10H2,1-3H3. The smallest absolute Gasteiger partial charge is 0.132 e. The summed E-state index contributed by atoms with van der Waals surface area (Å²) in [5.74, 6) is 0.485. The second kappa shape index (κ2) is 5.53. The molecule has 1 aromatic carbocycles. The molecule has 3 heteroatoms. The Morgan fingerprint density at radius 3 is 2.72 bits per heavy atom. The maximum atomic E-state index is 13.5. The highest BCUT2D eigenvalue weighted by Gasteiger charge is 2.07. The second-order valence-corrected chi connectivity index (χ2v) is 5.17. The van der Waals surface area contributed by atoms with Gasteiger partial charge in [0.2, 0.25) is 0 Å². The molecule has 0 saturated carbocycles. The van der Waals surface area contributed by atoms with E-state index in [1.807, 2.05) is 18.3 Å². The van der Waals surface area contributed by atoms with Crippen molar-refractivity contribution in [2.24, 2.45) is 5.92 Å². The fourth-order valence-electron chi connectivity index (χ4n) is 2.03. The second-order valence-electron chi connectivity index (χ2n) is 5.17. The summed E-state index contributed by atoms with van der Waals surface area (Å²) < 4.78 is 15.6. The molecule has 0 amide bonds. The maximum Gasteiger partial charge on any atom is 0.132 e. The molecule has 1 atom stereocenters. The minimum absolute atomic E-state index is 0.144. The van der Waals surface area contributed by atoms with E-state index in [9.17, 15) is 4.39 Å². The van der Waals surface area contributed by atoms with Crippen molar-refractivity contribution in [3.05, 3.63) is 36.3 Å². The zero-order chi connectivity index (χ0) is 13.1. The minimum atomic E-state index is -0.144. The molecule has 0 aliphatic rings. The summed E-state index contributed by atoms with van der Waals surface area (Å²) in [6.07, 6.45) is 1.95. The van der Waals surface area contributed by atoms with Crippen molar-refractivity contribution in [2.45, 2.75) is 33.4 Å². The van der Waals surface area contributed by atoms with E-state index in [0.29, 0.717) is 17.3 Å². The van der Waals surface area contributed by atoms with Crippen LogP contribution in [0.2, 0.25) is 0 Å². The number of nitrogens with one attached hydrogen (secondary N) is 1. The van der Waals surface area contributed by atoms with Gasteiger partial charge < -0.3 is 9.88 Å². The van der Waals surface area contributed by atoms with E-state index in [2.05, 4.69) is 30.7 Å². The zero-order valence-corrected chi connectivity index (χ0v) is 11.3. The Morgan fingerprint density at radius 2 is 2.00 bits per heavy atom. The Kier molecular flexibility index (Phi) is 4.02. The number of nitrogens with zero attached hydrogens (tertiary/aromatic N) is 1. The monoisotopic (exact) mass is 248 g/mol. The lowest BCUT2D eigenvalue weighted by molar-refractivity contribution is 0.418. The maximum absolute atomic E-state index is 13.5. The van der Waals surface area contributed by atoms with Gasteiger partial charge in [0, 0.05) is 30.7 Å². The van der Waals surface area contributed by atoms with Crippen molar-refractivity contribution in [1.82, 2.24) is 9.88 Å². The minimum Gasteiger partial charge on any atom is -0.346 e. The van der Waals surface area contributed by atoms with E-state index in [-0.39, 0.29) is 5.82 Å². The summed E-state index contributed by atoms with van der Waals surface area (Å²) >= 11 is 0. The first-order valence-corrected chi connectivity index (χ1v) is 6.56. The summed E-state index contributed by atoms with van der Waals surface area (Å²) in [7, 11) is 0. The third kappa shape index (κ3) is 2.72. The third-order valence-electron chi connectivity index (χ3n) is 3.58. The summed E-state index contributed by atoms with van der Waals surface area (Å²) in [6, 6.07) is 7.58. The lowest BCUT2D eigenvalue weighted by Crippen LogP contribution is -2.33. The summed E-state index contributed by atoms with van der Waals surface area (Å²) in [6.45, 7) is 8.37. The Bertz CT molecular complexity index is 516. The first-order chi connectivity index (χ1) is 8.59. The van der Waals surface area contributed by atoms with E-state index in [1.54, 1.807) is 6.07 Å². The number of hydrogen-bond donors (Lipinski definition) is 1. The zero-order valence-electron chi connectivity index (χ0n) is 11.3. The highest BCUT2D eigenvalue weighted by atomic mass is 19.1. The molecule has 2 nitrogen and oxygen atoms in total. The van der Waals surface area contributed by atoms with Crippen molar-refractivity contribution in [3.8, 4) is 0 Å². The quantitative estimate of drug-likeness (QED) is 0.858. The van der Waals surface area contributed by atoms with Gasteiger partial charge in [0.25, 0.3) is 0 Å². The highest BCUT2D eigenvalue weighted by molar-refractivity contribution is 5.80. The van der Waals surface area contributed by atoms with Crippen molar-refractivity contribution >= 4 is 10.9 Å². The van der Waals surface area contributed by atoms with Gasteiger partial charge in [0.15, 0.2) is 0 Å². The summed E-state index contributed by atoms with van der Waals surface area (Å²) in [4.78, 5) is 0. The van der Waals surface area contributed by atoms with Gasteiger partial charge in [0.1, 0.15) is 5.82 Å². The van der Waals surface area contributed by atoms with Crippen LogP contribution >= 0.6 is 0 Å². The van der Waals surface area contributed by atoms with Crippen molar-refractivity contribution in [3.63, 3.8) is 0 Å². The van der Waals surface area contributed by atoms with E-state index < -0.39 is 0 Å². The fourth-order valence-corrected chi connectivity index (χ4v) is 2.03. The number of benzene rings is 1. The van der Waals surface area contributed by atoms with Gasteiger partial charge in [-0.15, -0.1) is 0 Å². The topological polar surface area (TPSA) is 17.0 Å². The molecule has 1 aromatic heterocycles. The Hall–Kier alpha value is -1.35. The first-order valence-electron chi connectivity index (χ1n) is 6.56. The molecule has 0 spiro atoms. The van der Waals surface area contributed by atoms with Crippen molar-refractivity contribution in [1.29, 1.82) is 0 Å². The van der Waals surface area contributed by atoms with Crippen LogP contribution in [0.25, 0.3) is 10.9 Å². The Morgan fingerprint density at radius 1 is 1.22 bits per heavy atom. The molecule has 18 heavy (non-hydrogen) atoms. The number of hydrogen-bond acceptors (Lipinski definition) is 1. The summed E-state index contributed by atoms with van der Waals surface area (Å²) in [5, 5.41) is 4.19. The predicted octanol–water partition coefficient (Wildman–Crippen LogP) is 3.41. The van der Waals surface area contributed by atoms with Crippen LogP contribution in [0.15, 0.2) is 30.5 Å². The van der Waals surface area contributed by atoms with Crippen LogP contribution in [-0.4, -0.2) is 17.2 Å². The van der Waals surface area contributed by atoms with E-state index >= 15 is 0 Å². The average molecular weight is 248 g/mol.